The van der Waals surface area contributed by atoms with Crippen molar-refractivity contribution in [1.29, 1.82) is 0 Å². The summed E-state index contributed by atoms with van der Waals surface area (Å²) in [5.41, 5.74) is 6.26. The Balaban J connectivity index is 1.26. The van der Waals surface area contributed by atoms with E-state index in [9.17, 15) is 0 Å². The molecule has 8 aromatic carbocycles. The van der Waals surface area contributed by atoms with Crippen LogP contribution in [0, 0.1) is 0 Å². The second-order valence-electron chi connectivity index (χ2n) is 12.8. The van der Waals surface area contributed by atoms with Gasteiger partial charge in [0.2, 0.25) is 0 Å². The molecule has 51 heavy (non-hydrogen) atoms. The highest BCUT2D eigenvalue weighted by atomic mass is 32.1. The van der Waals surface area contributed by atoms with E-state index in [0.717, 1.165) is 49.5 Å². The van der Waals surface area contributed by atoms with E-state index in [0.29, 0.717) is 17.5 Å². The van der Waals surface area contributed by atoms with Crippen molar-refractivity contribution >= 4 is 53.7 Å². The van der Waals surface area contributed by atoms with Gasteiger partial charge in [-0.15, -0.1) is 11.3 Å². The fraction of sp³-hybridized carbons (Fsp3) is 0. The van der Waals surface area contributed by atoms with Crippen LogP contribution in [0.3, 0.4) is 0 Å². The predicted molar refractivity (Wildman–Crippen MR) is 215 cm³/mol. The molecule has 10 aromatic rings. The van der Waals surface area contributed by atoms with E-state index < -0.39 is 0 Å². The lowest BCUT2D eigenvalue weighted by Crippen LogP contribution is -2.02. The van der Waals surface area contributed by atoms with Gasteiger partial charge >= 0.3 is 0 Å². The van der Waals surface area contributed by atoms with Crippen LogP contribution in [-0.4, -0.2) is 15.0 Å². The average molecular weight is 668 g/mol. The highest BCUT2D eigenvalue weighted by molar-refractivity contribution is 7.22. The lowest BCUT2D eigenvalue weighted by atomic mass is 9.93. The van der Waals surface area contributed by atoms with Gasteiger partial charge in [0, 0.05) is 26.3 Å². The second kappa shape index (κ2) is 12.1. The minimum absolute atomic E-state index is 0.641. The minimum atomic E-state index is 0.641. The standard InChI is InChI=1S/C47H29N3S/c1-2-13-30(14-3-1)36-20-9-10-23-40(36)46-48-45(35-19-12-18-33(27-35)43-29-34-17-6-11-24-42(34)51-43)49-47(50-46)44-38-22-8-5-16-32(38)28-41-37-21-7-4-15-31(37)25-26-39(41)44/h1-29H. The smallest absolute Gasteiger partial charge is 0.165 e. The second-order valence-corrected chi connectivity index (χ2v) is 13.9. The fourth-order valence-electron chi connectivity index (χ4n) is 7.28. The van der Waals surface area contributed by atoms with Crippen molar-refractivity contribution in [2.75, 3.05) is 0 Å². The maximum atomic E-state index is 5.36. The molecule has 0 aliphatic carbocycles. The molecule has 0 radical (unpaired) electrons. The van der Waals surface area contributed by atoms with Gasteiger partial charge in [-0.1, -0.05) is 152 Å². The summed E-state index contributed by atoms with van der Waals surface area (Å²) in [6, 6.07) is 62.2. The summed E-state index contributed by atoms with van der Waals surface area (Å²) in [7, 11) is 0. The minimum Gasteiger partial charge on any atom is -0.208 e. The first-order chi connectivity index (χ1) is 25.3. The number of fused-ring (bicyclic) bond motifs is 5. The zero-order chi connectivity index (χ0) is 33.7. The average Bonchev–Trinajstić information content (AvgIpc) is 3.65. The summed E-state index contributed by atoms with van der Waals surface area (Å²) >= 11 is 1.80. The van der Waals surface area contributed by atoms with Gasteiger partial charge in [-0.3, -0.25) is 0 Å². The van der Waals surface area contributed by atoms with Crippen molar-refractivity contribution in [3.63, 3.8) is 0 Å². The van der Waals surface area contributed by atoms with Crippen LogP contribution >= 0.6 is 11.3 Å². The zero-order valence-electron chi connectivity index (χ0n) is 27.5. The van der Waals surface area contributed by atoms with E-state index in [4.69, 9.17) is 15.0 Å². The summed E-state index contributed by atoms with van der Waals surface area (Å²) < 4.78 is 1.27. The number of aromatic nitrogens is 3. The van der Waals surface area contributed by atoms with Gasteiger partial charge in [-0.05, 0) is 78.7 Å². The molecule has 0 aliphatic heterocycles. The van der Waals surface area contributed by atoms with Crippen LogP contribution in [0.15, 0.2) is 176 Å². The molecule has 0 unspecified atom stereocenters. The molecule has 0 fully saturated rings. The first kappa shape index (κ1) is 29.4. The van der Waals surface area contributed by atoms with Gasteiger partial charge in [0.1, 0.15) is 0 Å². The molecule has 3 nitrogen and oxygen atoms in total. The molecule has 4 heteroatoms. The molecule has 238 valence electrons. The number of hydrogen-bond acceptors (Lipinski definition) is 4. The van der Waals surface area contributed by atoms with Crippen LogP contribution < -0.4 is 0 Å². The lowest BCUT2D eigenvalue weighted by molar-refractivity contribution is 1.08. The molecule has 0 amide bonds. The molecule has 0 spiro atoms. The summed E-state index contributed by atoms with van der Waals surface area (Å²) in [6.45, 7) is 0. The Morgan fingerprint density at radius 2 is 0.980 bits per heavy atom. The van der Waals surface area contributed by atoms with E-state index in [1.165, 1.54) is 31.1 Å². The topological polar surface area (TPSA) is 38.7 Å². The summed E-state index contributed by atoms with van der Waals surface area (Å²) in [5.74, 6) is 1.94. The van der Waals surface area contributed by atoms with E-state index in [-0.39, 0.29) is 0 Å². The van der Waals surface area contributed by atoms with E-state index >= 15 is 0 Å². The molecule has 2 aromatic heterocycles. The third-order valence-corrected chi connectivity index (χ3v) is 10.9. The molecular formula is C47H29N3S. The van der Waals surface area contributed by atoms with Gasteiger partial charge in [0.25, 0.3) is 0 Å². The van der Waals surface area contributed by atoms with E-state index in [2.05, 4.69) is 170 Å². The molecule has 0 atom stereocenters. The molecule has 0 saturated heterocycles. The lowest BCUT2D eigenvalue weighted by Gasteiger charge is -2.15. The first-order valence-electron chi connectivity index (χ1n) is 17.1. The molecule has 10 rings (SSSR count). The molecule has 2 heterocycles. The fourth-order valence-corrected chi connectivity index (χ4v) is 8.34. The van der Waals surface area contributed by atoms with Crippen LogP contribution in [-0.2, 0) is 0 Å². The zero-order valence-corrected chi connectivity index (χ0v) is 28.3. The predicted octanol–water partition coefficient (Wildman–Crippen LogP) is 12.9. The van der Waals surface area contributed by atoms with Crippen molar-refractivity contribution in [3.05, 3.63) is 176 Å². The van der Waals surface area contributed by atoms with Gasteiger partial charge in [-0.2, -0.15) is 0 Å². The Kier molecular flexibility index (Phi) is 7.00. The van der Waals surface area contributed by atoms with Crippen LogP contribution in [0.2, 0.25) is 0 Å². The Morgan fingerprint density at radius 1 is 0.333 bits per heavy atom. The third-order valence-electron chi connectivity index (χ3n) is 9.71. The number of rotatable bonds is 5. The first-order valence-corrected chi connectivity index (χ1v) is 17.9. The molecular weight excluding hydrogens is 639 g/mol. The van der Waals surface area contributed by atoms with Gasteiger partial charge in [-0.25, -0.2) is 15.0 Å². The summed E-state index contributed by atoms with van der Waals surface area (Å²) in [6.07, 6.45) is 0. The van der Waals surface area contributed by atoms with Crippen molar-refractivity contribution in [3.8, 4) is 55.7 Å². The van der Waals surface area contributed by atoms with Crippen molar-refractivity contribution < 1.29 is 0 Å². The van der Waals surface area contributed by atoms with E-state index in [1.54, 1.807) is 11.3 Å². The Bertz CT molecular complexity index is 2890. The number of benzene rings is 8. The Morgan fingerprint density at radius 3 is 1.84 bits per heavy atom. The monoisotopic (exact) mass is 667 g/mol. The van der Waals surface area contributed by atoms with Gasteiger partial charge in [0.05, 0.1) is 0 Å². The Labute approximate surface area is 299 Å². The van der Waals surface area contributed by atoms with Crippen LogP contribution in [0.4, 0.5) is 0 Å². The normalized spacial score (nSPS) is 11.5. The van der Waals surface area contributed by atoms with Gasteiger partial charge < -0.3 is 0 Å². The molecule has 0 saturated carbocycles. The van der Waals surface area contributed by atoms with E-state index in [1.807, 2.05) is 6.07 Å². The number of hydrogen-bond donors (Lipinski definition) is 0. The maximum Gasteiger partial charge on any atom is 0.165 e. The van der Waals surface area contributed by atoms with Crippen molar-refractivity contribution in [2.45, 2.75) is 0 Å². The van der Waals surface area contributed by atoms with Crippen LogP contribution in [0.5, 0.6) is 0 Å². The quantitative estimate of drug-likeness (QED) is 0.135. The maximum absolute atomic E-state index is 5.36. The largest absolute Gasteiger partial charge is 0.208 e. The molecule has 0 aliphatic rings. The van der Waals surface area contributed by atoms with Crippen molar-refractivity contribution in [2.24, 2.45) is 0 Å². The highest BCUT2D eigenvalue weighted by Gasteiger charge is 2.20. The SMILES string of the molecule is c1ccc(-c2ccccc2-c2nc(-c3cccc(-c4cc5ccccc5s4)c3)nc(-c3c4ccccc4cc4c3ccc3ccccc34)n2)cc1. The number of thiophene rings is 1. The van der Waals surface area contributed by atoms with Crippen LogP contribution in [0.25, 0.3) is 98.1 Å². The molecule has 0 bridgehead atoms. The summed E-state index contributed by atoms with van der Waals surface area (Å²) in [4.78, 5) is 17.2. The highest BCUT2D eigenvalue weighted by Crippen LogP contribution is 2.41. The van der Waals surface area contributed by atoms with Gasteiger partial charge in [0.15, 0.2) is 17.5 Å². The number of nitrogens with zero attached hydrogens (tertiary/aromatic N) is 3. The van der Waals surface area contributed by atoms with Crippen LogP contribution in [0.1, 0.15) is 0 Å². The molecule has 0 N–H and O–H groups in total. The Hall–Kier alpha value is -6.49. The summed E-state index contributed by atoms with van der Waals surface area (Å²) in [5, 5.41) is 8.23. The third kappa shape index (κ3) is 5.16. The van der Waals surface area contributed by atoms with Crippen molar-refractivity contribution in [1.82, 2.24) is 15.0 Å².